The molecule has 1 aromatic heterocycles. The van der Waals surface area contributed by atoms with E-state index in [9.17, 15) is 5.11 Å². The Labute approximate surface area is 199 Å². The van der Waals surface area contributed by atoms with Crippen LogP contribution in [0.3, 0.4) is 0 Å². The molecule has 32 heavy (non-hydrogen) atoms. The van der Waals surface area contributed by atoms with E-state index in [2.05, 4.69) is 37.5 Å². The molecule has 0 saturated heterocycles. The molecule has 0 fully saturated rings. The number of methoxy groups -OCH3 is 1. The molecule has 4 rings (SSSR count). The number of hydrogen-bond acceptors (Lipinski definition) is 4. The highest BCUT2D eigenvalue weighted by molar-refractivity contribution is 9.10. The lowest BCUT2D eigenvalue weighted by Crippen LogP contribution is -2.06. The van der Waals surface area contributed by atoms with Crippen LogP contribution in [0.5, 0.6) is 11.6 Å². The lowest BCUT2D eigenvalue weighted by atomic mass is 10.1. The summed E-state index contributed by atoms with van der Waals surface area (Å²) in [6, 6.07) is 21.4. The largest absolute Gasteiger partial charge is 0.495 e. The van der Waals surface area contributed by atoms with Crippen LogP contribution >= 0.6 is 28.1 Å². The lowest BCUT2D eigenvalue weighted by molar-refractivity contribution is 0.417. The second-order valence-electron chi connectivity index (χ2n) is 7.24. The van der Waals surface area contributed by atoms with Gasteiger partial charge in [-0.15, -0.1) is 10.2 Å². The predicted molar refractivity (Wildman–Crippen MR) is 135 cm³/mol. The molecule has 0 spiro atoms. The summed E-state index contributed by atoms with van der Waals surface area (Å²) in [5.41, 5.74) is 4.14. The number of halogens is 1. The van der Waals surface area contributed by atoms with Crippen molar-refractivity contribution < 1.29 is 9.84 Å². The van der Waals surface area contributed by atoms with Gasteiger partial charge in [-0.25, -0.2) is 0 Å². The van der Waals surface area contributed by atoms with E-state index >= 15 is 0 Å². The van der Waals surface area contributed by atoms with Crippen molar-refractivity contribution in [1.82, 2.24) is 4.57 Å². The molecule has 2 N–H and O–H groups in total. The van der Waals surface area contributed by atoms with E-state index in [1.54, 1.807) is 7.11 Å². The first-order valence-corrected chi connectivity index (χ1v) is 11.1. The smallest absolute Gasteiger partial charge is 0.221 e. The number of para-hydroxylation sites is 2. The van der Waals surface area contributed by atoms with Crippen molar-refractivity contribution in [3.63, 3.8) is 0 Å². The summed E-state index contributed by atoms with van der Waals surface area (Å²) in [5.74, 6) is 0.676. The molecule has 0 saturated carbocycles. The first-order chi connectivity index (χ1) is 15.5. The number of hydrogen-bond donors (Lipinski definition) is 2. The third-order valence-corrected chi connectivity index (χ3v) is 5.66. The van der Waals surface area contributed by atoms with Crippen molar-refractivity contribution in [3.8, 4) is 11.6 Å². The van der Waals surface area contributed by atoms with Gasteiger partial charge in [-0.1, -0.05) is 57.9 Å². The fourth-order valence-electron chi connectivity index (χ4n) is 3.53. The zero-order valence-corrected chi connectivity index (χ0v) is 19.9. The molecule has 162 valence electrons. The van der Waals surface area contributed by atoms with Gasteiger partial charge in [-0.2, -0.15) is 0 Å². The number of aromatic nitrogens is 1. The first-order valence-electron chi connectivity index (χ1n) is 9.88. The highest BCUT2D eigenvalue weighted by Crippen LogP contribution is 2.40. The third-order valence-electron chi connectivity index (χ3n) is 4.98. The van der Waals surface area contributed by atoms with Crippen LogP contribution in [0.1, 0.15) is 11.1 Å². The van der Waals surface area contributed by atoms with Crippen LogP contribution in [0.15, 0.2) is 81.4 Å². The SMILES string of the molecule is COc1ccccc1NC(=S)N=Nc1c(O)n(Cc2cccc(C)c2)c2ccc(Br)cc12. The Bertz CT molecular complexity index is 1330. The number of azo groups is 1. The molecule has 8 heteroatoms. The Morgan fingerprint density at radius 1 is 1.12 bits per heavy atom. The third kappa shape index (κ3) is 4.66. The molecule has 4 aromatic rings. The van der Waals surface area contributed by atoms with Gasteiger partial charge in [-0.3, -0.25) is 0 Å². The normalized spacial score (nSPS) is 11.2. The summed E-state index contributed by atoms with van der Waals surface area (Å²) in [6.45, 7) is 2.55. The number of anilines is 1. The highest BCUT2D eigenvalue weighted by Gasteiger charge is 2.18. The van der Waals surface area contributed by atoms with E-state index in [0.717, 1.165) is 26.5 Å². The van der Waals surface area contributed by atoms with Gasteiger partial charge in [0.2, 0.25) is 11.0 Å². The molecule has 1 heterocycles. The molecule has 0 aliphatic carbocycles. The fourth-order valence-corrected chi connectivity index (χ4v) is 4.04. The monoisotopic (exact) mass is 508 g/mol. The predicted octanol–water partition coefficient (Wildman–Crippen LogP) is 6.96. The zero-order valence-electron chi connectivity index (χ0n) is 17.5. The minimum absolute atomic E-state index is 0.0310. The summed E-state index contributed by atoms with van der Waals surface area (Å²) >= 11 is 8.84. The summed E-state index contributed by atoms with van der Waals surface area (Å²) in [7, 11) is 1.59. The van der Waals surface area contributed by atoms with E-state index in [1.807, 2.05) is 72.2 Å². The van der Waals surface area contributed by atoms with Gasteiger partial charge < -0.3 is 19.7 Å². The molecule has 6 nitrogen and oxygen atoms in total. The average molecular weight is 509 g/mol. The Kier molecular flexibility index (Phi) is 6.53. The number of aromatic hydroxyl groups is 1. The van der Waals surface area contributed by atoms with Crippen LogP contribution < -0.4 is 10.1 Å². The number of ether oxygens (including phenoxy) is 1. The topological polar surface area (TPSA) is 71.1 Å². The maximum absolute atomic E-state index is 11.0. The van der Waals surface area contributed by atoms with Crippen molar-refractivity contribution in [2.75, 3.05) is 12.4 Å². The molecule has 3 aromatic carbocycles. The minimum atomic E-state index is 0.0310. The molecule has 0 amide bonds. The molecule has 0 radical (unpaired) electrons. The Morgan fingerprint density at radius 2 is 1.94 bits per heavy atom. The summed E-state index contributed by atoms with van der Waals surface area (Å²) < 4.78 is 8.02. The van der Waals surface area contributed by atoms with Gasteiger partial charge in [0.1, 0.15) is 5.75 Å². The van der Waals surface area contributed by atoms with E-state index in [-0.39, 0.29) is 11.0 Å². The Balaban J connectivity index is 1.68. The molecule has 0 aliphatic heterocycles. The second kappa shape index (κ2) is 9.50. The quantitative estimate of drug-likeness (QED) is 0.226. The summed E-state index contributed by atoms with van der Waals surface area (Å²) in [5, 5.41) is 23.4. The van der Waals surface area contributed by atoms with Crippen LogP contribution in [0, 0.1) is 6.92 Å². The number of rotatable bonds is 5. The van der Waals surface area contributed by atoms with Crippen LogP contribution in [-0.4, -0.2) is 21.9 Å². The Morgan fingerprint density at radius 3 is 2.72 bits per heavy atom. The maximum atomic E-state index is 11.0. The Hall–Kier alpha value is -3.23. The summed E-state index contributed by atoms with van der Waals surface area (Å²) in [6.07, 6.45) is 0. The number of thiocarbonyl (C=S) groups is 1. The van der Waals surface area contributed by atoms with E-state index < -0.39 is 0 Å². The molecule has 0 bridgehead atoms. The maximum Gasteiger partial charge on any atom is 0.221 e. The van der Waals surface area contributed by atoms with Crippen LogP contribution in [-0.2, 0) is 6.54 Å². The molecule has 0 unspecified atom stereocenters. The van der Waals surface area contributed by atoms with Crippen molar-refractivity contribution in [2.24, 2.45) is 10.2 Å². The number of nitrogens with one attached hydrogen (secondary N) is 1. The number of aryl methyl sites for hydroxylation is 1. The van der Waals surface area contributed by atoms with Crippen molar-refractivity contribution in [2.45, 2.75) is 13.5 Å². The molecular weight excluding hydrogens is 488 g/mol. The van der Waals surface area contributed by atoms with E-state index in [4.69, 9.17) is 17.0 Å². The van der Waals surface area contributed by atoms with E-state index in [1.165, 1.54) is 0 Å². The van der Waals surface area contributed by atoms with Crippen molar-refractivity contribution in [3.05, 3.63) is 82.3 Å². The molecular formula is C24H21BrN4O2S. The zero-order chi connectivity index (χ0) is 22.7. The van der Waals surface area contributed by atoms with Crippen LogP contribution in [0.2, 0.25) is 0 Å². The number of fused-ring (bicyclic) bond motifs is 1. The van der Waals surface area contributed by atoms with E-state index in [0.29, 0.717) is 23.7 Å². The second-order valence-corrected chi connectivity index (χ2v) is 8.54. The summed E-state index contributed by atoms with van der Waals surface area (Å²) in [4.78, 5) is 0. The van der Waals surface area contributed by atoms with Crippen LogP contribution in [0.4, 0.5) is 11.4 Å². The van der Waals surface area contributed by atoms with Gasteiger partial charge in [-0.05, 0) is 55.0 Å². The first kappa shape index (κ1) is 22.0. The van der Waals surface area contributed by atoms with Gasteiger partial charge >= 0.3 is 0 Å². The van der Waals surface area contributed by atoms with Crippen LogP contribution in [0.25, 0.3) is 10.9 Å². The van der Waals surface area contributed by atoms with Gasteiger partial charge in [0.05, 0.1) is 24.9 Å². The average Bonchev–Trinajstić information content (AvgIpc) is 3.03. The number of benzene rings is 3. The lowest BCUT2D eigenvalue weighted by Gasteiger charge is -2.08. The van der Waals surface area contributed by atoms with Crippen molar-refractivity contribution in [1.29, 1.82) is 0 Å². The van der Waals surface area contributed by atoms with Gasteiger partial charge in [0, 0.05) is 9.86 Å². The van der Waals surface area contributed by atoms with Gasteiger partial charge in [0.25, 0.3) is 0 Å². The highest BCUT2D eigenvalue weighted by atomic mass is 79.9. The molecule has 0 atom stereocenters. The fraction of sp³-hybridized carbons (Fsp3) is 0.125. The molecule has 0 aliphatic rings. The standard InChI is InChI=1S/C24H21BrN4O2S/c1-15-6-5-7-16(12-15)14-29-20-11-10-17(25)13-18(20)22(23(29)30)27-28-24(32)26-19-8-3-4-9-21(19)31-2/h3-13,30H,14H2,1-2H3,(H,26,32). The minimum Gasteiger partial charge on any atom is -0.495 e. The number of nitrogens with zero attached hydrogens (tertiary/aromatic N) is 3. The van der Waals surface area contributed by atoms with Gasteiger partial charge in [0.15, 0.2) is 5.69 Å². The van der Waals surface area contributed by atoms with Crippen molar-refractivity contribution >= 4 is 55.5 Å².